The van der Waals surface area contributed by atoms with E-state index in [9.17, 15) is 9.59 Å². The molecule has 1 aromatic heterocycles. The molecule has 2 N–H and O–H groups in total. The molecule has 0 spiro atoms. The standard InChI is InChI=1S/C15H16BrN3O3/c1-3-22-12-6-4-10(5-7-12)14(20)17-18-15(21)13-8-11(16)9-19(13)2/h4-9H,3H2,1-2H3,(H,17,20)(H,18,21). The van der Waals surface area contributed by atoms with Crippen LogP contribution in [0.25, 0.3) is 0 Å². The number of ether oxygens (including phenoxy) is 1. The Hall–Kier alpha value is -2.28. The molecule has 7 heteroatoms. The summed E-state index contributed by atoms with van der Waals surface area (Å²) in [5.41, 5.74) is 5.61. The van der Waals surface area contributed by atoms with Gasteiger partial charge in [0.05, 0.1) is 6.61 Å². The van der Waals surface area contributed by atoms with Crippen molar-refractivity contribution in [2.75, 3.05) is 6.61 Å². The van der Waals surface area contributed by atoms with Crippen LogP contribution in [0.1, 0.15) is 27.8 Å². The van der Waals surface area contributed by atoms with Gasteiger partial charge in [-0.1, -0.05) is 0 Å². The number of halogens is 1. The van der Waals surface area contributed by atoms with Crippen molar-refractivity contribution in [1.82, 2.24) is 15.4 Å². The first-order chi connectivity index (χ1) is 10.5. The Balaban J connectivity index is 1.94. The van der Waals surface area contributed by atoms with Gasteiger partial charge in [-0.25, -0.2) is 0 Å². The van der Waals surface area contributed by atoms with Crippen molar-refractivity contribution >= 4 is 27.7 Å². The molecule has 0 unspecified atom stereocenters. The number of aryl methyl sites for hydroxylation is 1. The van der Waals surface area contributed by atoms with Crippen LogP contribution in [0.2, 0.25) is 0 Å². The second-order valence-electron chi connectivity index (χ2n) is 4.52. The van der Waals surface area contributed by atoms with E-state index in [0.29, 0.717) is 23.6 Å². The lowest BCUT2D eigenvalue weighted by atomic mass is 10.2. The first-order valence-corrected chi connectivity index (χ1v) is 7.46. The Morgan fingerprint density at radius 2 is 1.82 bits per heavy atom. The summed E-state index contributed by atoms with van der Waals surface area (Å²) in [4.78, 5) is 23.9. The third kappa shape index (κ3) is 3.88. The Morgan fingerprint density at radius 3 is 2.36 bits per heavy atom. The maximum atomic E-state index is 12.0. The maximum Gasteiger partial charge on any atom is 0.286 e. The highest BCUT2D eigenvalue weighted by molar-refractivity contribution is 9.10. The van der Waals surface area contributed by atoms with Crippen LogP contribution in [0.5, 0.6) is 5.75 Å². The van der Waals surface area contributed by atoms with Crippen molar-refractivity contribution in [2.24, 2.45) is 7.05 Å². The number of hydrazine groups is 1. The number of carbonyl (C=O) groups is 2. The molecule has 0 fully saturated rings. The zero-order valence-electron chi connectivity index (χ0n) is 12.2. The second-order valence-corrected chi connectivity index (χ2v) is 5.44. The van der Waals surface area contributed by atoms with Crippen LogP contribution in [0.4, 0.5) is 0 Å². The van der Waals surface area contributed by atoms with Gasteiger partial charge in [0.15, 0.2) is 0 Å². The van der Waals surface area contributed by atoms with Crippen LogP contribution in [0.3, 0.4) is 0 Å². The average molecular weight is 366 g/mol. The zero-order chi connectivity index (χ0) is 16.1. The Morgan fingerprint density at radius 1 is 1.18 bits per heavy atom. The lowest BCUT2D eigenvalue weighted by molar-refractivity contribution is 0.0842. The number of hydrogen-bond donors (Lipinski definition) is 2. The molecule has 0 aliphatic heterocycles. The first-order valence-electron chi connectivity index (χ1n) is 6.66. The Bertz CT molecular complexity index is 680. The molecule has 0 saturated carbocycles. The van der Waals surface area contributed by atoms with Crippen LogP contribution >= 0.6 is 15.9 Å². The summed E-state index contributed by atoms with van der Waals surface area (Å²) < 4.78 is 7.75. The highest BCUT2D eigenvalue weighted by Gasteiger charge is 2.12. The van der Waals surface area contributed by atoms with Gasteiger partial charge in [-0.15, -0.1) is 0 Å². The van der Waals surface area contributed by atoms with Gasteiger partial charge >= 0.3 is 0 Å². The highest BCUT2D eigenvalue weighted by Crippen LogP contribution is 2.13. The summed E-state index contributed by atoms with van der Waals surface area (Å²) in [6, 6.07) is 8.33. The van der Waals surface area contributed by atoms with Crippen LogP contribution in [-0.2, 0) is 7.05 Å². The molecule has 6 nitrogen and oxygen atoms in total. The van der Waals surface area contributed by atoms with E-state index >= 15 is 0 Å². The van der Waals surface area contributed by atoms with E-state index in [1.54, 1.807) is 48.1 Å². The molecule has 2 amide bonds. The van der Waals surface area contributed by atoms with Gasteiger partial charge in [-0.2, -0.15) is 0 Å². The Labute approximate surface area is 136 Å². The summed E-state index contributed by atoms with van der Waals surface area (Å²) in [6.07, 6.45) is 1.75. The number of nitrogens with one attached hydrogen (secondary N) is 2. The topological polar surface area (TPSA) is 72.4 Å². The number of amides is 2. The molecular weight excluding hydrogens is 350 g/mol. The average Bonchev–Trinajstić information content (AvgIpc) is 2.84. The predicted molar refractivity (Wildman–Crippen MR) is 85.7 cm³/mol. The molecule has 0 bridgehead atoms. The molecule has 0 radical (unpaired) electrons. The number of rotatable bonds is 4. The van der Waals surface area contributed by atoms with Gasteiger partial charge in [-0.05, 0) is 53.2 Å². The summed E-state index contributed by atoms with van der Waals surface area (Å²) in [7, 11) is 1.74. The fourth-order valence-corrected chi connectivity index (χ4v) is 2.39. The monoisotopic (exact) mass is 365 g/mol. The van der Waals surface area contributed by atoms with Crippen LogP contribution in [0, 0.1) is 0 Å². The maximum absolute atomic E-state index is 12.0. The van der Waals surface area contributed by atoms with E-state index in [4.69, 9.17) is 4.74 Å². The fraction of sp³-hybridized carbons (Fsp3) is 0.200. The molecular formula is C15H16BrN3O3. The SMILES string of the molecule is CCOc1ccc(C(=O)NNC(=O)c2cc(Br)cn2C)cc1. The minimum Gasteiger partial charge on any atom is -0.494 e. The van der Waals surface area contributed by atoms with Gasteiger partial charge in [0.25, 0.3) is 11.8 Å². The van der Waals surface area contributed by atoms with Crippen LogP contribution in [0.15, 0.2) is 41.0 Å². The van der Waals surface area contributed by atoms with Crippen molar-refractivity contribution < 1.29 is 14.3 Å². The molecule has 116 valence electrons. The molecule has 2 rings (SSSR count). The summed E-state index contributed by atoms with van der Waals surface area (Å²) in [6.45, 7) is 2.45. The number of carbonyl (C=O) groups excluding carboxylic acids is 2. The molecule has 1 heterocycles. The highest BCUT2D eigenvalue weighted by atomic mass is 79.9. The number of aromatic nitrogens is 1. The third-order valence-corrected chi connectivity index (χ3v) is 3.35. The zero-order valence-corrected chi connectivity index (χ0v) is 13.8. The summed E-state index contributed by atoms with van der Waals surface area (Å²) in [5.74, 6) is -0.103. The van der Waals surface area contributed by atoms with E-state index in [1.165, 1.54) is 0 Å². The molecule has 0 atom stereocenters. The van der Waals surface area contributed by atoms with Crippen molar-refractivity contribution in [2.45, 2.75) is 6.92 Å². The molecule has 2 aromatic rings. The number of hydrogen-bond acceptors (Lipinski definition) is 3. The summed E-state index contributed by atoms with van der Waals surface area (Å²) >= 11 is 3.29. The fourth-order valence-electron chi connectivity index (χ4n) is 1.87. The second kappa shape index (κ2) is 7.13. The first kappa shape index (κ1) is 16.1. The van der Waals surface area contributed by atoms with Gasteiger partial charge in [0.1, 0.15) is 11.4 Å². The number of benzene rings is 1. The van der Waals surface area contributed by atoms with E-state index in [2.05, 4.69) is 26.8 Å². The van der Waals surface area contributed by atoms with Gasteiger partial charge in [0, 0.05) is 23.3 Å². The minimum absolute atomic E-state index is 0.396. The van der Waals surface area contributed by atoms with E-state index in [1.807, 2.05) is 6.92 Å². The van der Waals surface area contributed by atoms with E-state index in [-0.39, 0.29) is 0 Å². The van der Waals surface area contributed by atoms with Crippen molar-refractivity contribution in [3.05, 3.63) is 52.3 Å². The molecule has 0 saturated heterocycles. The minimum atomic E-state index is -0.398. The lowest BCUT2D eigenvalue weighted by Gasteiger charge is -2.08. The van der Waals surface area contributed by atoms with Gasteiger partial charge in [0.2, 0.25) is 0 Å². The van der Waals surface area contributed by atoms with Crippen molar-refractivity contribution in [1.29, 1.82) is 0 Å². The summed E-state index contributed by atoms with van der Waals surface area (Å²) in [5, 5.41) is 0. The van der Waals surface area contributed by atoms with Crippen LogP contribution in [-0.4, -0.2) is 23.0 Å². The van der Waals surface area contributed by atoms with E-state index in [0.717, 1.165) is 4.47 Å². The smallest absolute Gasteiger partial charge is 0.286 e. The predicted octanol–water partition coefficient (Wildman–Crippen LogP) is 2.26. The third-order valence-electron chi connectivity index (χ3n) is 2.92. The largest absolute Gasteiger partial charge is 0.494 e. The normalized spacial score (nSPS) is 10.1. The quantitative estimate of drug-likeness (QED) is 0.816. The van der Waals surface area contributed by atoms with Crippen molar-refractivity contribution in [3.63, 3.8) is 0 Å². The number of nitrogens with zero attached hydrogens (tertiary/aromatic N) is 1. The molecule has 1 aromatic carbocycles. The van der Waals surface area contributed by atoms with E-state index < -0.39 is 11.8 Å². The Kier molecular flexibility index (Phi) is 5.21. The molecule has 0 aliphatic carbocycles. The molecule has 0 aliphatic rings. The molecule has 22 heavy (non-hydrogen) atoms. The lowest BCUT2D eigenvalue weighted by Crippen LogP contribution is -2.42. The van der Waals surface area contributed by atoms with Gasteiger partial charge in [-0.3, -0.25) is 20.4 Å². The van der Waals surface area contributed by atoms with Gasteiger partial charge < -0.3 is 9.30 Å². The van der Waals surface area contributed by atoms with Crippen LogP contribution < -0.4 is 15.6 Å². The van der Waals surface area contributed by atoms with Crippen molar-refractivity contribution in [3.8, 4) is 5.75 Å².